The summed E-state index contributed by atoms with van der Waals surface area (Å²) in [5.41, 5.74) is 10.1. The Morgan fingerprint density at radius 1 is 0.561 bits per heavy atom. The molecule has 41 heavy (non-hydrogen) atoms. The summed E-state index contributed by atoms with van der Waals surface area (Å²) < 4.78 is 3.41. The first-order chi connectivity index (χ1) is 19.0. The van der Waals surface area contributed by atoms with Crippen molar-refractivity contribution >= 4 is 33.7 Å². The third-order valence-corrected chi connectivity index (χ3v) is 21.9. The zero-order valence-corrected chi connectivity index (χ0v) is 27.7. The van der Waals surface area contributed by atoms with Gasteiger partial charge in [-0.2, -0.15) is 0 Å². The van der Waals surface area contributed by atoms with Gasteiger partial charge in [0.2, 0.25) is 0 Å². The van der Waals surface area contributed by atoms with Crippen molar-refractivity contribution in [2.45, 2.75) is 70.3 Å². The van der Waals surface area contributed by atoms with Crippen molar-refractivity contribution in [3.8, 4) is 0 Å². The summed E-state index contributed by atoms with van der Waals surface area (Å²) in [4.78, 5) is 0. The monoisotopic (exact) mass is 614 g/mol. The molecule has 4 aliphatic rings. The molecule has 4 unspecified atom stereocenters. The van der Waals surface area contributed by atoms with Gasteiger partial charge in [-0.25, -0.2) is 0 Å². The van der Waals surface area contributed by atoms with Crippen LogP contribution in [0.2, 0.25) is 8.45 Å². The Hall–Kier alpha value is -1.83. The van der Waals surface area contributed by atoms with E-state index in [2.05, 4.69) is 113 Å². The molecule has 3 heteroatoms. The molecule has 0 bridgehead atoms. The third kappa shape index (κ3) is 4.04. The maximum atomic E-state index is 2.68. The van der Waals surface area contributed by atoms with Gasteiger partial charge in [-0.15, -0.1) is 0 Å². The first-order valence-corrected chi connectivity index (χ1v) is 19.1. The molecule has 8 rings (SSSR count). The van der Waals surface area contributed by atoms with E-state index in [4.69, 9.17) is 0 Å². The normalized spacial score (nSPS) is 26.0. The fourth-order valence-electron chi connectivity index (χ4n) is 9.67. The van der Waals surface area contributed by atoms with Crippen molar-refractivity contribution in [2.24, 2.45) is 11.8 Å². The van der Waals surface area contributed by atoms with Crippen LogP contribution < -0.4 is 24.8 Å². The second-order valence-corrected chi connectivity index (χ2v) is 20.8. The van der Waals surface area contributed by atoms with E-state index in [1.165, 1.54) is 47.2 Å². The van der Waals surface area contributed by atoms with Gasteiger partial charge in [-0.1, -0.05) is 0 Å². The van der Waals surface area contributed by atoms with Crippen LogP contribution in [0.25, 0.3) is 33.7 Å². The minimum Gasteiger partial charge on any atom is -1.00 e. The van der Waals surface area contributed by atoms with Crippen LogP contribution >= 0.6 is 0 Å². The van der Waals surface area contributed by atoms with Crippen molar-refractivity contribution in [1.82, 2.24) is 0 Å². The molecule has 0 aromatic heterocycles. The van der Waals surface area contributed by atoms with E-state index >= 15 is 0 Å². The molecule has 1 saturated carbocycles. The fraction of sp³-hybridized carbons (Fsp3) is 0.368. The molecular formula is C38H40Cl2Ti. The second-order valence-electron chi connectivity index (χ2n) is 13.5. The molecule has 4 atom stereocenters. The van der Waals surface area contributed by atoms with Gasteiger partial charge >= 0.3 is 239 Å². The summed E-state index contributed by atoms with van der Waals surface area (Å²) in [7, 11) is 0. The van der Waals surface area contributed by atoms with E-state index < -0.39 is 16.6 Å². The van der Waals surface area contributed by atoms with Crippen molar-refractivity contribution in [1.29, 1.82) is 0 Å². The van der Waals surface area contributed by atoms with E-state index in [1.54, 1.807) is 33.4 Å². The number of halogens is 2. The van der Waals surface area contributed by atoms with E-state index in [1.807, 2.05) is 0 Å². The largest absolute Gasteiger partial charge is 1.00 e. The number of fused-ring (bicyclic) bond motifs is 7. The number of rotatable bonds is 4. The van der Waals surface area contributed by atoms with Crippen molar-refractivity contribution in [3.05, 3.63) is 106 Å². The second kappa shape index (κ2) is 10.7. The SMILES string of the molecule is CC(C)C1=Cc2c(ccc3ccccc23)[CH]1[Ti+2]1([CH]2C(C(C)C)=Cc3c2ccc2ccccc32)[CH]2CCCC[CH]21.[Cl-].[Cl-]. The summed E-state index contributed by atoms with van der Waals surface area (Å²) in [6.45, 7) is 9.91. The predicted octanol–water partition coefficient (Wildman–Crippen LogP) is 5.21. The molecule has 1 aliphatic heterocycles. The average Bonchev–Trinajstić information content (AvgIpc) is 3.25. The molecule has 3 aliphatic carbocycles. The molecule has 0 N–H and O–H groups in total. The van der Waals surface area contributed by atoms with Crippen LogP contribution in [0.1, 0.15) is 84.1 Å². The number of allylic oxidation sites excluding steroid dienone is 2. The van der Waals surface area contributed by atoms with Gasteiger partial charge in [0, 0.05) is 0 Å². The Balaban J connectivity index is 0.00000151. The van der Waals surface area contributed by atoms with E-state index in [9.17, 15) is 0 Å². The summed E-state index contributed by atoms with van der Waals surface area (Å²) in [6.07, 6.45) is 11.2. The first kappa shape index (κ1) is 29.3. The topological polar surface area (TPSA) is 0 Å². The summed E-state index contributed by atoms with van der Waals surface area (Å²) in [5.74, 6) is 1.19. The van der Waals surface area contributed by atoms with Crippen molar-refractivity contribution in [2.75, 3.05) is 0 Å². The third-order valence-electron chi connectivity index (χ3n) is 11.2. The molecule has 0 spiro atoms. The molecule has 4 aromatic rings. The Morgan fingerprint density at radius 3 is 1.39 bits per heavy atom. The zero-order chi connectivity index (χ0) is 26.5. The molecule has 4 aromatic carbocycles. The predicted molar refractivity (Wildman–Crippen MR) is 165 cm³/mol. The van der Waals surface area contributed by atoms with Gasteiger partial charge in [0.1, 0.15) is 0 Å². The van der Waals surface area contributed by atoms with E-state index in [0.717, 1.165) is 8.45 Å². The summed E-state index contributed by atoms with van der Waals surface area (Å²) >= 11 is -2.59. The van der Waals surface area contributed by atoms with E-state index in [-0.39, 0.29) is 24.8 Å². The van der Waals surface area contributed by atoms with Gasteiger partial charge in [0.05, 0.1) is 0 Å². The van der Waals surface area contributed by atoms with Crippen LogP contribution in [0.4, 0.5) is 0 Å². The quantitative estimate of drug-likeness (QED) is 0.277. The van der Waals surface area contributed by atoms with Crippen LogP contribution in [-0.2, 0) is 16.6 Å². The van der Waals surface area contributed by atoms with Crippen LogP contribution in [0.3, 0.4) is 0 Å². The molecule has 210 valence electrons. The molecule has 0 radical (unpaired) electrons. The maximum absolute atomic E-state index is 2.68. The van der Waals surface area contributed by atoms with Gasteiger partial charge in [0.25, 0.3) is 0 Å². The van der Waals surface area contributed by atoms with Crippen LogP contribution in [0, 0.1) is 11.8 Å². The Morgan fingerprint density at radius 2 is 0.976 bits per heavy atom. The number of benzene rings is 4. The standard InChI is InChI=1S/2C16H15.C6H10.2ClH.Ti/c2*1-11(2)14-9-13-8-7-12-5-3-4-6-15(12)16(13)10-14;1-2-4-6-5-3-1;;;/h2*3-11H,1-2H3;1-2H,3-6H2;2*1H;/q;;;;;+2/p-2. The summed E-state index contributed by atoms with van der Waals surface area (Å²) in [6, 6.07) is 28.3. The van der Waals surface area contributed by atoms with Crippen molar-refractivity contribution in [3.63, 3.8) is 0 Å². The Bertz CT molecular complexity index is 1580. The van der Waals surface area contributed by atoms with Gasteiger partial charge in [-0.05, 0) is 0 Å². The van der Waals surface area contributed by atoms with Crippen molar-refractivity contribution < 1.29 is 41.4 Å². The Kier molecular flexibility index (Phi) is 7.64. The average molecular weight is 616 g/mol. The smallest absolute Gasteiger partial charge is 1.00 e. The van der Waals surface area contributed by atoms with Gasteiger partial charge in [0.15, 0.2) is 0 Å². The van der Waals surface area contributed by atoms with Gasteiger partial charge < -0.3 is 24.8 Å². The minimum atomic E-state index is -2.59. The minimum absolute atomic E-state index is 0. The molecule has 0 amide bonds. The molecule has 2 fully saturated rings. The molecular weight excluding hydrogens is 575 g/mol. The first-order valence-electron chi connectivity index (χ1n) is 15.5. The summed E-state index contributed by atoms with van der Waals surface area (Å²) in [5, 5.41) is 5.72. The fourth-order valence-corrected chi connectivity index (χ4v) is 24.2. The van der Waals surface area contributed by atoms with E-state index in [0.29, 0.717) is 20.3 Å². The Labute approximate surface area is 261 Å². The van der Waals surface area contributed by atoms with Crippen LogP contribution in [0.5, 0.6) is 0 Å². The number of hydrogen-bond acceptors (Lipinski definition) is 0. The van der Waals surface area contributed by atoms with Gasteiger partial charge in [-0.3, -0.25) is 0 Å². The number of hydrogen-bond donors (Lipinski definition) is 0. The maximum Gasteiger partial charge on any atom is -1.00 e. The van der Waals surface area contributed by atoms with Crippen LogP contribution in [0.15, 0.2) is 83.9 Å². The van der Waals surface area contributed by atoms with Crippen LogP contribution in [-0.4, -0.2) is 0 Å². The molecule has 0 nitrogen and oxygen atoms in total. The zero-order valence-electron chi connectivity index (χ0n) is 24.6. The molecule has 1 heterocycles. The molecule has 1 saturated heterocycles.